The van der Waals surface area contributed by atoms with Crippen LogP contribution in [0, 0.1) is 0 Å². The van der Waals surface area contributed by atoms with E-state index in [1.54, 1.807) is 16.0 Å². The highest BCUT2D eigenvalue weighted by atomic mass is 32.1. The zero-order valence-electron chi connectivity index (χ0n) is 11.0. The molecule has 2 aromatic heterocycles. The molecule has 0 spiro atoms. The minimum absolute atomic E-state index is 0.0114. The van der Waals surface area contributed by atoms with Crippen molar-refractivity contribution in [2.45, 2.75) is 19.5 Å². The molecule has 3 rings (SSSR count). The first-order valence-corrected chi connectivity index (χ1v) is 7.23. The van der Waals surface area contributed by atoms with Gasteiger partial charge >= 0.3 is 0 Å². The number of rotatable bonds is 4. The second-order valence-corrected chi connectivity index (χ2v) is 5.52. The summed E-state index contributed by atoms with van der Waals surface area (Å²) in [4.78, 5) is 13.2. The number of nitrogens with zero attached hydrogens (tertiary/aromatic N) is 3. The van der Waals surface area contributed by atoms with Crippen LogP contribution in [0.15, 0.2) is 41.8 Å². The van der Waals surface area contributed by atoms with Crippen LogP contribution in [-0.2, 0) is 11.3 Å². The average molecular weight is 286 g/mol. The molecule has 0 aliphatic carbocycles. The molecule has 2 heterocycles. The van der Waals surface area contributed by atoms with E-state index in [9.17, 15) is 4.79 Å². The van der Waals surface area contributed by atoms with Crippen LogP contribution in [0.4, 0.5) is 0 Å². The molecule has 0 aliphatic rings. The van der Waals surface area contributed by atoms with Crippen LogP contribution < -0.4 is 5.32 Å². The van der Waals surface area contributed by atoms with Gasteiger partial charge in [-0.25, -0.2) is 4.68 Å². The molecule has 0 fully saturated rings. The van der Waals surface area contributed by atoms with E-state index in [1.165, 1.54) is 0 Å². The van der Waals surface area contributed by atoms with E-state index in [0.29, 0.717) is 0 Å². The maximum Gasteiger partial charge on any atom is 0.242 e. The first-order valence-electron chi connectivity index (χ1n) is 6.35. The van der Waals surface area contributed by atoms with Crippen LogP contribution in [0.1, 0.15) is 17.8 Å². The van der Waals surface area contributed by atoms with Crippen molar-refractivity contribution < 1.29 is 4.79 Å². The van der Waals surface area contributed by atoms with Crippen LogP contribution in [0.3, 0.4) is 0 Å². The number of carbonyl (C=O) groups excluding carboxylic acids is 1. The third-order valence-corrected chi connectivity index (χ3v) is 4.12. The summed E-state index contributed by atoms with van der Waals surface area (Å²) < 4.78 is 1.62. The molecule has 0 radical (unpaired) electrons. The van der Waals surface area contributed by atoms with Crippen LogP contribution in [-0.4, -0.2) is 20.9 Å². The molecule has 5 nitrogen and oxygen atoms in total. The summed E-state index contributed by atoms with van der Waals surface area (Å²) in [6.07, 6.45) is 0. The molecule has 0 aliphatic heterocycles. The Morgan fingerprint density at radius 1 is 1.35 bits per heavy atom. The van der Waals surface area contributed by atoms with Crippen molar-refractivity contribution in [1.82, 2.24) is 20.3 Å². The van der Waals surface area contributed by atoms with Crippen LogP contribution in [0.25, 0.3) is 11.0 Å². The van der Waals surface area contributed by atoms with E-state index in [-0.39, 0.29) is 18.5 Å². The number of carbonyl (C=O) groups is 1. The van der Waals surface area contributed by atoms with E-state index in [2.05, 4.69) is 15.6 Å². The summed E-state index contributed by atoms with van der Waals surface area (Å²) in [6.45, 7) is 2.15. The molecule has 102 valence electrons. The third kappa shape index (κ3) is 2.55. The molecular weight excluding hydrogens is 272 g/mol. The second kappa shape index (κ2) is 5.42. The molecule has 0 unspecified atom stereocenters. The fourth-order valence-corrected chi connectivity index (χ4v) is 2.80. The number of hydrogen-bond acceptors (Lipinski definition) is 4. The predicted octanol–water partition coefficient (Wildman–Crippen LogP) is 2.37. The van der Waals surface area contributed by atoms with E-state index in [1.807, 2.05) is 48.7 Å². The number of benzene rings is 1. The maximum absolute atomic E-state index is 12.1. The molecule has 1 atom stereocenters. The fourth-order valence-electron chi connectivity index (χ4n) is 2.07. The Morgan fingerprint density at radius 2 is 2.20 bits per heavy atom. The van der Waals surface area contributed by atoms with Crippen molar-refractivity contribution in [3.63, 3.8) is 0 Å². The van der Waals surface area contributed by atoms with E-state index >= 15 is 0 Å². The lowest BCUT2D eigenvalue weighted by atomic mass is 10.2. The molecule has 1 N–H and O–H groups in total. The van der Waals surface area contributed by atoms with Crippen molar-refractivity contribution in [1.29, 1.82) is 0 Å². The number of hydrogen-bond donors (Lipinski definition) is 1. The van der Waals surface area contributed by atoms with Gasteiger partial charge in [0.25, 0.3) is 0 Å². The lowest BCUT2D eigenvalue weighted by Crippen LogP contribution is -2.30. The molecule has 1 amide bonds. The van der Waals surface area contributed by atoms with Gasteiger partial charge in [-0.3, -0.25) is 4.79 Å². The zero-order valence-corrected chi connectivity index (χ0v) is 11.8. The van der Waals surface area contributed by atoms with Gasteiger partial charge in [-0.15, -0.1) is 16.4 Å². The monoisotopic (exact) mass is 286 g/mol. The summed E-state index contributed by atoms with van der Waals surface area (Å²) in [5, 5.41) is 13.0. The van der Waals surface area contributed by atoms with Gasteiger partial charge in [0.1, 0.15) is 12.1 Å². The molecule has 1 aromatic carbocycles. The number of aromatic nitrogens is 3. The summed E-state index contributed by atoms with van der Waals surface area (Å²) in [7, 11) is 0. The molecule has 6 heteroatoms. The smallest absolute Gasteiger partial charge is 0.242 e. The van der Waals surface area contributed by atoms with Gasteiger partial charge in [-0.05, 0) is 30.5 Å². The van der Waals surface area contributed by atoms with Gasteiger partial charge in [0, 0.05) is 4.88 Å². The lowest BCUT2D eigenvalue weighted by Gasteiger charge is -2.12. The SMILES string of the molecule is C[C@H](NC(=O)Cn1nnc2ccccc21)c1cccs1. The highest BCUT2D eigenvalue weighted by Crippen LogP contribution is 2.18. The average Bonchev–Trinajstić information content (AvgIpc) is 3.09. The summed E-state index contributed by atoms with van der Waals surface area (Å²) in [5.74, 6) is -0.0680. The lowest BCUT2D eigenvalue weighted by molar-refractivity contribution is -0.122. The molecule has 0 bridgehead atoms. The second-order valence-electron chi connectivity index (χ2n) is 4.54. The number of fused-ring (bicyclic) bond motifs is 1. The maximum atomic E-state index is 12.1. The van der Waals surface area contributed by atoms with Crippen molar-refractivity contribution >= 4 is 28.3 Å². The fraction of sp³-hybridized carbons (Fsp3) is 0.214. The Kier molecular flexibility index (Phi) is 3.47. The van der Waals surface area contributed by atoms with Gasteiger partial charge in [-0.1, -0.05) is 23.4 Å². The highest BCUT2D eigenvalue weighted by Gasteiger charge is 2.12. The molecule has 20 heavy (non-hydrogen) atoms. The Balaban J connectivity index is 1.70. The molecule has 3 aromatic rings. The van der Waals surface area contributed by atoms with Crippen molar-refractivity contribution in [2.75, 3.05) is 0 Å². The summed E-state index contributed by atoms with van der Waals surface area (Å²) in [6, 6.07) is 11.6. The summed E-state index contributed by atoms with van der Waals surface area (Å²) in [5.41, 5.74) is 1.66. The Hall–Kier alpha value is -2.21. The predicted molar refractivity (Wildman–Crippen MR) is 78.4 cm³/mol. The Labute approximate surface area is 120 Å². The number of para-hydroxylation sites is 1. The molecular formula is C14H14N4OS. The van der Waals surface area contributed by atoms with E-state index in [4.69, 9.17) is 0 Å². The first kappa shape index (κ1) is 12.8. The van der Waals surface area contributed by atoms with E-state index < -0.39 is 0 Å². The van der Waals surface area contributed by atoms with Gasteiger partial charge < -0.3 is 5.32 Å². The van der Waals surface area contributed by atoms with Gasteiger partial charge in [0.05, 0.1) is 11.6 Å². The third-order valence-electron chi connectivity index (χ3n) is 3.06. The normalized spacial score (nSPS) is 12.4. The van der Waals surface area contributed by atoms with Crippen LogP contribution in [0.2, 0.25) is 0 Å². The Bertz CT molecular complexity index is 720. The standard InChI is InChI=1S/C14H14N4OS/c1-10(13-7-4-8-20-13)15-14(19)9-18-12-6-3-2-5-11(12)16-17-18/h2-8,10H,9H2,1H3,(H,15,19)/t10-/m0/s1. The topological polar surface area (TPSA) is 59.8 Å². The largest absolute Gasteiger partial charge is 0.347 e. The highest BCUT2D eigenvalue weighted by molar-refractivity contribution is 7.10. The number of thiophene rings is 1. The van der Waals surface area contributed by atoms with Crippen LogP contribution >= 0.6 is 11.3 Å². The molecule has 0 saturated heterocycles. The minimum Gasteiger partial charge on any atom is -0.347 e. The van der Waals surface area contributed by atoms with E-state index in [0.717, 1.165) is 15.9 Å². The quantitative estimate of drug-likeness (QED) is 0.801. The first-order chi connectivity index (χ1) is 9.74. The molecule has 0 saturated carbocycles. The zero-order chi connectivity index (χ0) is 13.9. The number of nitrogens with one attached hydrogen (secondary N) is 1. The van der Waals surface area contributed by atoms with Gasteiger partial charge in [-0.2, -0.15) is 0 Å². The number of amides is 1. The van der Waals surface area contributed by atoms with Crippen molar-refractivity contribution in [2.24, 2.45) is 0 Å². The minimum atomic E-state index is -0.0680. The summed E-state index contributed by atoms with van der Waals surface area (Å²) >= 11 is 1.63. The van der Waals surface area contributed by atoms with Gasteiger partial charge in [0.15, 0.2) is 0 Å². The van der Waals surface area contributed by atoms with Crippen LogP contribution in [0.5, 0.6) is 0 Å². The van der Waals surface area contributed by atoms with Crippen molar-refractivity contribution in [3.8, 4) is 0 Å². The van der Waals surface area contributed by atoms with Crippen molar-refractivity contribution in [3.05, 3.63) is 46.7 Å². The van der Waals surface area contributed by atoms with Gasteiger partial charge in [0.2, 0.25) is 5.91 Å². The Morgan fingerprint density at radius 3 is 3.00 bits per heavy atom.